The zero-order valence-corrected chi connectivity index (χ0v) is 9.40. The van der Waals surface area contributed by atoms with Crippen molar-refractivity contribution in [2.75, 3.05) is 6.61 Å². The third-order valence-electron chi connectivity index (χ3n) is 1.97. The summed E-state index contributed by atoms with van der Waals surface area (Å²) in [5.41, 5.74) is 1.18. The van der Waals surface area contributed by atoms with E-state index in [4.69, 9.17) is 9.47 Å². The monoisotopic (exact) mass is 206 g/mol. The van der Waals surface area contributed by atoms with Crippen molar-refractivity contribution in [3.63, 3.8) is 0 Å². The quantitative estimate of drug-likeness (QED) is 0.525. The predicted octanol–water partition coefficient (Wildman–Crippen LogP) is 3.31. The van der Waals surface area contributed by atoms with Crippen LogP contribution in [-0.2, 0) is 4.74 Å². The molecule has 2 nitrogen and oxygen atoms in total. The number of ether oxygens (including phenoxy) is 2. The summed E-state index contributed by atoms with van der Waals surface area (Å²) in [6.45, 7) is 8.32. The molecule has 2 heteroatoms. The highest BCUT2D eigenvalue weighted by atomic mass is 16.7. The van der Waals surface area contributed by atoms with Crippen molar-refractivity contribution in [3.8, 4) is 5.75 Å². The summed E-state index contributed by atoms with van der Waals surface area (Å²) in [7, 11) is 0. The minimum absolute atomic E-state index is 0.228. The average molecular weight is 206 g/mol. The second kappa shape index (κ2) is 6.25. The maximum atomic E-state index is 5.68. The highest BCUT2D eigenvalue weighted by Crippen LogP contribution is 2.16. The minimum Gasteiger partial charge on any atom is -0.465 e. The van der Waals surface area contributed by atoms with Crippen LogP contribution in [0.15, 0.2) is 36.9 Å². The predicted molar refractivity (Wildman–Crippen MR) is 62.0 cm³/mol. The maximum absolute atomic E-state index is 5.68. The van der Waals surface area contributed by atoms with E-state index in [1.54, 1.807) is 6.08 Å². The van der Waals surface area contributed by atoms with Gasteiger partial charge in [0.25, 0.3) is 0 Å². The molecule has 1 aromatic carbocycles. The van der Waals surface area contributed by atoms with Crippen LogP contribution in [-0.4, -0.2) is 12.9 Å². The molecule has 0 aliphatic heterocycles. The Hall–Kier alpha value is -1.28. The number of aryl methyl sites for hydroxylation is 1. The molecule has 0 fully saturated rings. The van der Waals surface area contributed by atoms with Crippen LogP contribution in [0.4, 0.5) is 0 Å². The van der Waals surface area contributed by atoms with Gasteiger partial charge in [0.05, 0.1) is 0 Å². The number of rotatable bonds is 6. The lowest BCUT2D eigenvalue weighted by molar-refractivity contribution is -0.0722. The highest BCUT2D eigenvalue weighted by Gasteiger charge is 2.07. The average Bonchev–Trinajstić information content (AvgIpc) is 2.18. The fraction of sp³-hybridized carbons (Fsp3) is 0.385. The molecule has 1 rings (SSSR count). The van der Waals surface area contributed by atoms with Crippen molar-refractivity contribution in [1.29, 1.82) is 0 Å². The Kier molecular flexibility index (Phi) is 4.91. The standard InChI is InChI=1S/C13H18O2/c1-4-7-13(14-5-2)15-12-9-6-8-11(3)10-12/h4,6,8-10,13H,1,5,7H2,2-3H3. The lowest BCUT2D eigenvalue weighted by atomic mass is 10.2. The molecule has 0 aliphatic rings. The van der Waals surface area contributed by atoms with Crippen LogP contribution in [0.2, 0.25) is 0 Å². The first-order valence-electron chi connectivity index (χ1n) is 5.22. The van der Waals surface area contributed by atoms with Gasteiger partial charge in [-0.3, -0.25) is 0 Å². The Bertz CT molecular complexity index is 307. The van der Waals surface area contributed by atoms with Crippen molar-refractivity contribution in [2.45, 2.75) is 26.6 Å². The van der Waals surface area contributed by atoms with Gasteiger partial charge >= 0.3 is 0 Å². The van der Waals surface area contributed by atoms with Crippen LogP contribution in [0, 0.1) is 6.92 Å². The Morgan fingerprint density at radius 3 is 2.87 bits per heavy atom. The van der Waals surface area contributed by atoms with Gasteiger partial charge in [0.15, 0.2) is 0 Å². The Morgan fingerprint density at radius 2 is 2.27 bits per heavy atom. The van der Waals surface area contributed by atoms with Gasteiger partial charge in [-0.1, -0.05) is 18.2 Å². The molecule has 0 spiro atoms. The van der Waals surface area contributed by atoms with Gasteiger partial charge in [-0.2, -0.15) is 0 Å². The molecule has 1 aromatic rings. The van der Waals surface area contributed by atoms with E-state index in [0.29, 0.717) is 13.0 Å². The zero-order valence-electron chi connectivity index (χ0n) is 9.40. The third kappa shape index (κ3) is 4.17. The van der Waals surface area contributed by atoms with E-state index < -0.39 is 0 Å². The van der Waals surface area contributed by atoms with E-state index in [9.17, 15) is 0 Å². The van der Waals surface area contributed by atoms with Crippen molar-refractivity contribution >= 4 is 0 Å². The van der Waals surface area contributed by atoms with Crippen LogP contribution in [0.5, 0.6) is 5.75 Å². The molecule has 15 heavy (non-hydrogen) atoms. The van der Waals surface area contributed by atoms with E-state index in [0.717, 1.165) is 5.75 Å². The summed E-state index contributed by atoms with van der Waals surface area (Å²) in [6, 6.07) is 7.94. The summed E-state index contributed by atoms with van der Waals surface area (Å²) in [5.74, 6) is 0.843. The van der Waals surface area contributed by atoms with Gasteiger partial charge in [-0.25, -0.2) is 0 Å². The van der Waals surface area contributed by atoms with Crippen molar-refractivity contribution in [1.82, 2.24) is 0 Å². The Morgan fingerprint density at radius 1 is 1.47 bits per heavy atom. The molecule has 0 aromatic heterocycles. The molecular weight excluding hydrogens is 188 g/mol. The first kappa shape index (κ1) is 11.8. The number of hydrogen-bond donors (Lipinski definition) is 0. The van der Waals surface area contributed by atoms with Crippen LogP contribution in [0.25, 0.3) is 0 Å². The minimum atomic E-state index is -0.228. The lowest BCUT2D eigenvalue weighted by Crippen LogP contribution is -2.19. The van der Waals surface area contributed by atoms with E-state index in [-0.39, 0.29) is 6.29 Å². The first-order valence-corrected chi connectivity index (χ1v) is 5.22. The van der Waals surface area contributed by atoms with Gasteiger partial charge in [0.1, 0.15) is 5.75 Å². The van der Waals surface area contributed by atoms with Crippen LogP contribution in [0.1, 0.15) is 18.9 Å². The molecule has 0 N–H and O–H groups in total. The molecule has 1 unspecified atom stereocenters. The molecule has 1 atom stereocenters. The van der Waals surface area contributed by atoms with Crippen molar-refractivity contribution in [3.05, 3.63) is 42.5 Å². The summed E-state index contributed by atoms with van der Waals surface area (Å²) >= 11 is 0. The lowest BCUT2D eigenvalue weighted by Gasteiger charge is -2.17. The van der Waals surface area contributed by atoms with Gasteiger partial charge in [0.2, 0.25) is 6.29 Å². The summed E-state index contributed by atoms with van der Waals surface area (Å²) in [5, 5.41) is 0. The molecule has 0 bridgehead atoms. The fourth-order valence-electron chi connectivity index (χ4n) is 1.31. The van der Waals surface area contributed by atoms with Gasteiger partial charge in [-0.05, 0) is 31.5 Å². The second-order valence-corrected chi connectivity index (χ2v) is 3.34. The van der Waals surface area contributed by atoms with Gasteiger partial charge in [-0.15, -0.1) is 6.58 Å². The zero-order chi connectivity index (χ0) is 11.1. The maximum Gasteiger partial charge on any atom is 0.203 e. The van der Waals surface area contributed by atoms with E-state index in [1.807, 2.05) is 38.1 Å². The molecule has 0 aliphatic carbocycles. The fourth-order valence-corrected chi connectivity index (χ4v) is 1.31. The largest absolute Gasteiger partial charge is 0.465 e. The third-order valence-corrected chi connectivity index (χ3v) is 1.97. The smallest absolute Gasteiger partial charge is 0.203 e. The van der Waals surface area contributed by atoms with Gasteiger partial charge < -0.3 is 9.47 Å². The summed E-state index contributed by atoms with van der Waals surface area (Å²) in [4.78, 5) is 0. The SMILES string of the molecule is C=CCC(OCC)Oc1cccc(C)c1. The van der Waals surface area contributed by atoms with Crippen molar-refractivity contribution < 1.29 is 9.47 Å². The van der Waals surface area contributed by atoms with Crippen LogP contribution in [0.3, 0.4) is 0 Å². The van der Waals surface area contributed by atoms with E-state index in [1.165, 1.54) is 5.56 Å². The molecule has 0 radical (unpaired) electrons. The topological polar surface area (TPSA) is 18.5 Å². The summed E-state index contributed by atoms with van der Waals surface area (Å²) in [6.07, 6.45) is 2.27. The second-order valence-electron chi connectivity index (χ2n) is 3.34. The molecule has 82 valence electrons. The summed E-state index contributed by atoms with van der Waals surface area (Å²) < 4.78 is 11.1. The number of benzene rings is 1. The number of hydrogen-bond acceptors (Lipinski definition) is 2. The van der Waals surface area contributed by atoms with Crippen LogP contribution >= 0.6 is 0 Å². The highest BCUT2D eigenvalue weighted by molar-refractivity contribution is 5.27. The molecule has 0 saturated carbocycles. The Balaban J connectivity index is 2.60. The molecule has 0 amide bonds. The van der Waals surface area contributed by atoms with Crippen molar-refractivity contribution in [2.24, 2.45) is 0 Å². The molecule has 0 heterocycles. The Labute approximate surface area is 91.5 Å². The first-order chi connectivity index (χ1) is 7.26. The van der Waals surface area contributed by atoms with E-state index >= 15 is 0 Å². The van der Waals surface area contributed by atoms with Crippen LogP contribution < -0.4 is 4.74 Å². The molecular formula is C13H18O2. The molecule has 0 saturated heterocycles. The van der Waals surface area contributed by atoms with Gasteiger partial charge in [0, 0.05) is 13.0 Å². The van der Waals surface area contributed by atoms with E-state index in [2.05, 4.69) is 6.58 Å². The normalized spacial score (nSPS) is 12.1.